The van der Waals surface area contributed by atoms with E-state index in [1.807, 2.05) is 6.92 Å². The number of imide groups is 1. The summed E-state index contributed by atoms with van der Waals surface area (Å²) < 4.78 is 4.86. The summed E-state index contributed by atoms with van der Waals surface area (Å²) in [6.07, 6.45) is 2.13. The number of nitrogens with one attached hydrogen (secondary N) is 2. The molecule has 1 aromatic rings. The number of urea groups is 1. The van der Waals surface area contributed by atoms with Gasteiger partial charge in [0.2, 0.25) is 0 Å². The predicted octanol–water partition coefficient (Wildman–Crippen LogP) is 2.32. The van der Waals surface area contributed by atoms with E-state index in [2.05, 4.69) is 10.6 Å². The fourth-order valence-electron chi connectivity index (χ4n) is 2.67. The van der Waals surface area contributed by atoms with Gasteiger partial charge >= 0.3 is 12.0 Å². The number of ether oxygens (including phenoxy) is 1. The van der Waals surface area contributed by atoms with E-state index in [4.69, 9.17) is 16.3 Å². The van der Waals surface area contributed by atoms with E-state index in [1.165, 1.54) is 0 Å². The van der Waals surface area contributed by atoms with Crippen LogP contribution in [-0.4, -0.2) is 47.4 Å². The van der Waals surface area contributed by atoms with Crippen LogP contribution < -0.4 is 10.6 Å². The van der Waals surface area contributed by atoms with Gasteiger partial charge in [-0.25, -0.2) is 4.79 Å². The average Bonchev–Trinajstić information content (AvgIpc) is 2.82. The van der Waals surface area contributed by atoms with Gasteiger partial charge in [-0.1, -0.05) is 37.4 Å². The molecule has 8 nitrogen and oxygen atoms in total. The maximum absolute atomic E-state index is 12.4. The molecule has 0 bridgehead atoms. The molecule has 2 N–H and O–H groups in total. The molecule has 0 unspecified atom stereocenters. The summed E-state index contributed by atoms with van der Waals surface area (Å²) in [5.74, 6) is -1.88. The van der Waals surface area contributed by atoms with Crippen molar-refractivity contribution in [2.24, 2.45) is 0 Å². The van der Waals surface area contributed by atoms with Crippen LogP contribution in [0.4, 0.5) is 10.5 Å². The zero-order valence-corrected chi connectivity index (χ0v) is 16.0. The summed E-state index contributed by atoms with van der Waals surface area (Å²) in [4.78, 5) is 49.0. The van der Waals surface area contributed by atoms with Crippen molar-refractivity contribution in [3.8, 4) is 0 Å². The highest BCUT2D eigenvalue weighted by molar-refractivity contribution is 6.30. The molecule has 4 amide bonds. The Bertz CT molecular complexity index is 754. The van der Waals surface area contributed by atoms with Crippen molar-refractivity contribution < 1.29 is 23.9 Å². The normalized spacial score (nSPS) is 19.0. The van der Waals surface area contributed by atoms with E-state index >= 15 is 0 Å². The molecule has 9 heteroatoms. The number of carbonyl (C=O) groups is 4. The molecule has 1 aliphatic heterocycles. The molecule has 0 saturated carbocycles. The lowest BCUT2D eigenvalue weighted by molar-refractivity contribution is -0.150. The average molecular weight is 396 g/mol. The van der Waals surface area contributed by atoms with E-state index < -0.39 is 42.5 Å². The predicted molar refractivity (Wildman–Crippen MR) is 99.2 cm³/mol. The Morgan fingerprint density at radius 2 is 2.07 bits per heavy atom. The molecule has 1 atom stereocenters. The minimum Gasteiger partial charge on any atom is -0.454 e. The highest BCUT2D eigenvalue weighted by Gasteiger charge is 2.47. The third kappa shape index (κ3) is 5.43. The van der Waals surface area contributed by atoms with Crippen LogP contribution in [0.5, 0.6) is 0 Å². The molecule has 1 fully saturated rings. The maximum atomic E-state index is 12.4. The van der Waals surface area contributed by atoms with Gasteiger partial charge < -0.3 is 15.4 Å². The number of hydrogen-bond donors (Lipinski definition) is 2. The molecular weight excluding hydrogens is 374 g/mol. The first-order valence-electron chi connectivity index (χ1n) is 8.60. The van der Waals surface area contributed by atoms with Crippen LogP contribution in [0.15, 0.2) is 24.3 Å². The van der Waals surface area contributed by atoms with Crippen molar-refractivity contribution in [3.63, 3.8) is 0 Å². The Morgan fingerprint density at radius 1 is 1.33 bits per heavy atom. The number of halogens is 1. The van der Waals surface area contributed by atoms with E-state index in [9.17, 15) is 19.2 Å². The van der Waals surface area contributed by atoms with Crippen molar-refractivity contribution in [3.05, 3.63) is 29.3 Å². The summed E-state index contributed by atoms with van der Waals surface area (Å²) in [5, 5.41) is 5.59. The highest BCUT2D eigenvalue weighted by atomic mass is 35.5. The molecule has 27 heavy (non-hydrogen) atoms. The fraction of sp³-hybridized carbons (Fsp3) is 0.444. The number of amides is 4. The van der Waals surface area contributed by atoms with Gasteiger partial charge in [0, 0.05) is 10.7 Å². The van der Waals surface area contributed by atoms with Gasteiger partial charge in [-0.15, -0.1) is 0 Å². The quantitative estimate of drug-likeness (QED) is 0.519. The van der Waals surface area contributed by atoms with Crippen LogP contribution in [0.3, 0.4) is 0 Å². The van der Waals surface area contributed by atoms with Gasteiger partial charge in [0.1, 0.15) is 12.1 Å². The lowest BCUT2D eigenvalue weighted by Crippen LogP contribution is -2.44. The zero-order valence-electron chi connectivity index (χ0n) is 15.2. The number of anilines is 1. The van der Waals surface area contributed by atoms with E-state index in [0.717, 1.165) is 17.7 Å². The van der Waals surface area contributed by atoms with E-state index in [0.29, 0.717) is 17.1 Å². The first kappa shape index (κ1) is 20.7. The van der Waals surface area contributed by atoms with Crippen molar-refractivity contribution in [2.75, 3.05) is 18.5 Å². The number of benzene rings is 1. The first-order valence-corrected chi connectivity index (χ1v) is 8.98. The molecule has 2 rings (SSSR count). The van der Waals surface area contributed by atoms with Gasteiger partial charge in [-0.05, 0) is 31.5 Å². The van der Waals surface area contributed by atoms with Crippen LogP contribution in [0.2, 0.25) is 5.02 Å². The Morgan fingerprint density at radius 3 is 2.74 bits per heavy atom. The van der Waals surface area contributed by atoms with Gasteiger partial charge in [0.15, 0.2) is 6.61 Å². The fourth-order valence-corrected chi connectivity index (χ4v) is 2.86. The van der Waals surface area contributed by atoms with Crippen LogP contribution in [0.1, 0.15) is 33.1 Å². The third-order valence-electron chi connectivity index (χ3n) is 4.14. The van der Waals surface area contributed by atoms with Crippen molar-refractivity contribution >= 4 is 41.1 Å². The molecule has 0 aliphatic carbocycles. The minimum absolute atomic E-state index is 0.453. The van der Waals surface area contributed by atoms with Crippen molar-refractivity contribution in [2.45, 2.75) is 38.6 Å². The third-order valence-corrected chi connectivity index (χ3v) is 4.37. The zero-order chi connectivity index (χ0) is 20.0. The smallest absolute Gasteiger partial charge is 0.326 e. The minimum atomic E-state index is -1.02. The number of hydrogen-bond acceptors (Lipinski definition) is 5. The topological polar surface area (TPSA) is 105 Å². The molecule has 1 aromatic carbocycles. The largest absolute Gasteiger partial charge is 0.454 e. The lowest BCUT2D eigenvalue weighted by atomic mass is 9.95. The second-order valence-electron chi connectivity index (χ2n) is 6.48. The van der Waals surface area contributed by atoms with Crippen LogP contribution in [0.25, 0.3) is 0 Å². The van der Waals surface area contributed by atoms with Gasteiger partial charge in [0.25, 0.3) is 11.8 Å². The molecule has 1 saturated heterocycles. The Kier molecular flexibility index (Phi) is 6.79. The van der Waals surface area contributed by atoms with E-state index in [1.54, 1.807) is 31.2 Å². The Labute approximate surface area is 162 Å². The number of nitrogens with zero attached hydrogens (tertiary/aromatic N) is 1. The van der Waals surface area contributed by atoms with Crippen LogP contribution in [0, 0.1) is 0 Å². The number of unbranched alkanes of at least 4 members (excludes halogenated alkanes) is 1. The Balaban J connectivity index is 1.84. The van der Waals surface area contributed by atoms with E-state index in [-0.39, 0.29) is 0 Å². The molecule has 1 heterocycles. The van der Waals surface area contributed by atoms with Crippen molar-refractivity contribution in [1.29, 1.82) is 0 Å². The van der Waals surface area contributed by atoms with Crippen LogP contribution >= 0.6 is 11.6 Å². The molecule has 0 radical (unpaired) electrons. The summed E-state index contributed by atoms with van der Waals surface area (Å²) in [6, 6.07) is 5.86. The molecular formula is C18H22ClN3O5. The second-order valence-corrected chi connectivity index (χ2v) is 6.91. The maximum Gasteiger partial charge on any atom is 0.326 e. The molecule has 0 aromatic heterocycles. The summed E-state index contributed by atoms with van der Waals surface area (Å²) in [6.45, 7) is 2.53. The van der Waals surface area contributed by atoms with Crippen molar-refractivity contribution in [1.82, 2.24) is 10.2 Å². The van der Waals surface area contributed by atoms with Crippen LogP contribution in [-0.2, 0) is 19.1 Å². The summed E-state index contributed by atoms with van der Waals surface area (Å²) in [7, 11) is 0. The Hall–Kier alpha value is -2.61. The number of carbonyl (C=O) groups excluding carboxylic acids is 4. The summed E-state index contributed by atoms with van der Waals surface area (Å²) >= 11 is 5.82. The lowest BCUT2D eigenvalue weighted by Gasteiger charge is -2.21. The second kappa shape index (κ2) is 8.85. The van der Waals surface area contributed by atoms with Gasteiger partial charge in [-0.3, -0.25) is 19.3 Å². The number of rotatable bonds is 8. The van der Waals surface area contributed by atoms with Gasteiger partial charge in [0.05, 0.1) is 0 Å². The monoisotopic (exact) mass is 395 g/mol. The summed E-state index contributed by atoms with van der Waals surface area (Å²) in [5.41, 5.74) is -0.554. The molecule has 1 aliphatic rings. The SMILES string of the molecule is CCCC[C@]1(C)NC(=O)N(CC(=O)OCC(=O)Nc2cccc(Cl)c2)C1=O. The standard InChI is InChI=1S/C18H22ClN3O5/c1-3-4-8-18(2)16(25)22(17(26)21-18)10-15(24)27-11-14(23)20-13-7-5-6-12(19)9-13/h5-7,9H,3-4,8,10-11H2,1-2H3,(H,20,23)(H,21,26)/t18-/m0/s1. The number of esters is 1. The molecule has 146 valence electrons. The molecule has 0 spiro atoms. The van der Waals surface area contributed by atoms with Gasteiger partial charge in [-0.2, -0.15) is 0 Å². The first-order chi connectivity index (χ1) is 12.7. The highest BCUT2D eigenvalue weighted by Crippen LogP contribution is 2.23.